The Kier molecular flexibility index (Phi) is 11.1. The zero-order valence-electron chi connectivity index (χ0n) is 26.8. The molecule has 2 aliphatic heterocycles. The van der Waals surface area contributed by atoms with Crippen LogP contribution in [0.4, 0.5) is 9.80 Å². The van der Waals surface area contributed by atoms with Crippen molar-refractivity contribution in [1.29, 1.82) is 0 Å². The minimum atomic E-state index is -3.43. The summed E-state index contributed by atoms with van der Waals surface area (Å²) in [6.07, 6.45) is 5.29. The first-order chi connectivity index (χ1) is 20.8. The quantitative estimate of drug-likeness (QED) is 0.142. The second kappa shape index (κ2) is 14.2. The van der Waals surface area contributed by atoms with Crippen LogP contribution in [0.5, 0.6) is 0 Å². The lowest BCUT2D eigenvalue weighted by Crippen LogP contribution is -2.45. The number of rotatable bonds is 12. The molecule has 2 aromatic carbocycles. The van der Waals surface area contributed by atoms with Crippen LogP contribution in [-0.2, 0) is 26.5 Å². The van der Waals surface area contributed by atoms with Gasteiger partial charge in [0.1, 0.15) is 0 Å². The van der Waals surface area contributed by atoms with E-state index in [-0.39, 0.29) is 31.4 Å². The molecule has 4 rings (SSSR count). The van der Waals surface area contributed by atoms with Gasteiger partial charge in [-0.15, -0.1) is 0 Å². The topological polar surface area (TPSA) is 70.1 Å². The number of benzene rings is 2. The zero-order chi connectivity index (χ0) is 32.2. The monoisotopic (exact) mass is 684 g/mol. The Bertz CT molecular complexity index is 1410. The SMILES string of the molecule is CC(C)=CCC/C(C)=C/CN1C(=O)[C@]2(O[C@H](CC(=O)N(CCO)Cc3ccccc3)[C@@H]([Si](C)(C)F)[C@@H]2C)c2cc(Br)ccc21. The fourth-order valence-electron chi connectivity index (χ4n) is 6.86. The first kappa shape index (κ1) is 34.3. The third-order valence-corrected chi connectivity index (χ3v) is 11.9. The van der Waals surface area contributed by atoms with E-state index in [0.717, 1.165) is 34.1 Å². The third kappa shape index (κ3) is 7.27. The Balaban J connectivity index is 1.66. The maximum absolute atomic E-state index is 16.2. The van der Waals surface area contributed by atoms with E-state index in [4.69, 9.17) is 4.74 Å². The van der Waals surface area contributed by atoms with Crippen LogP contribution < -0.4 is 4.90 Å². The van der Waals surface area contributed by atoms with Crippen LogP contribution in [0, 0.1) is 5.92 Å². The van der Waals surface area contributed by atoms with Crippen molar-refractivity contribution in [3.8, 4) is 0 Å². The molecular weight excluding hydrogens is 639 g/mol. The molecule has 0 radical (unpaired) electrons. The van der Waals surface area contributed by atoms with E-state index < -0.39 is 31.6 Å². The largest absolute Gasteiger partial charge is 0.395 e. The van der Waals surface area contributed by atoms with Gasteiger partial charge < -0.3 is 23.8 Å². The number of carbonyl (C=O) groups excluding carboxylic acids is 2. The molecule has 238 valence electrons. The standard InChI is InChI=1S/C35H46BrFN2O4Si/c1-24(2)11-10-12-25(3)17-18-39-30-16-15-28(36)21-29(30)35(34(39)42)26(4)33(44(5,6)37)31(43-35)22-32(41)38(19-20-40)23-27-13-8-7-9-14-27/h7-9,11,13-17,21,26,31,33,40H,10,12,18-20,22-23H2,1-6H3/b25-17+/t26-,31+,33-,35+/m0/s1. The summed E-state index contributed by atoms with van der Waals surface area (Å²) in [5.41, 5.74) is 2.90. The van der Waals surface area contributed by atoms with Crippen LogP contribution in [0.2, 0.25) is 18.6 Å². The van der Waals surface area contributed by atoms with Gasteiger partial charge in [0.15, 0.2) is 5.60 Å². The molecule has 6 nitrogen and oxygen atoms in total. The molecule has 4 atom stereocenters. The highest BCUT2D eigenvalue weighted by Gasteiger charge is 2.67. The number of fused-ring (bicyclic) bond motifs is 2. The number of anilines is 1. The second-order valence-corrected chi connectivity index (χ2v) is 17.7. The van der Waals surface area contributed by atoms with Gasteiger partial charge in [-0.3, -0.25) is 9.59 Å². The van der Waals surface area contributed by atoms with Crippen molar-refractivity contribution >= 4 is 41.8 Å². The molecule has 1 saturated heterocycles. The van der Waals surface area contributed by atoms with Gasteiger partial charge in [-0.2, -0.15) is 0 Å². The lowest BCUT2D eigenvalue weighted by atomic mass is 9.82. The van der Waals surface area contributed by atoms with Crippen LogP contribution >= 0.6 is 15.9 Å². The van der Waals surface area contributed by atoms with E-state index in [1.807, 2.05) is 55.5 Å². The van der Waals surface area contributed by atoms with E-state index in [2.05, 4.69) is 48.9 Å². The highest BCUT2D eigenvalue weighted by atomic mass is 79.9. The predicted octanol–water partition coefficient (Wildman–Crippen LogP) is 7.67. The van der Waals surface area contributed by atoms with Crippen molar-refractivity contribution in [2.45, 2.75) is 83.8 Å². The zero-order valence-corrected chi connectivity index (χ0v) is 29.4. The van der Waals surface area contributed by atoms with Gasteiger partial charge in [0.2, 0.25) is 14.3 Å². The molecule has 2 aromatic rings. The average Bonchev–Trinajstić information content (AvgIpc) is 3.37. The van der Waals surface area contributed by atoms with Gasteiger partial charge in [0.05, 0.1) is 24.8 Å². The molecule has 0 saturated carbocycles. The number of ether oxygens (including phenoxy) is 1. The van der Waals surface area contributed by atoms with Crippen LogP contribution in [0.15, 0.2) is 76.3 Å². The van der Waals surface area contributed by atoms with Crippen LogP contribution in [0.1, 0.15) is 58.1 Å². The summed E-state index contributed by atoms with van der Waals surface area (Å²) < 4.78 is 23.8. The molecule has 2 amide bonds. The Morgan fingerprint density at radius 3 is 2.50 bits per heavy atom. The minimum Gasteiger partial charge on any atom is -0.395 e. The first-order valence-corrected chi connectivity index (χ1v) is 19.2. The summed E-state index contributed by atoms with van der Waals surface area (Å²) in [6.45, 7) is 12.1. The lowest BCUT2D eigenvalue weighted by Gasteiger charge is -2.31. The predicted molar refractivity (Wildman–Crippen MR) is 181 cm³/mol. The highest BCUT2D eigenvalue weighted by Crippen LogP contribution is 2.60. The Morgan fingerprint density at radius 1 is 1.16 bits per heavy atom. The van der Waals surface area contributed by atoms with Crippen molar-refractivity contribution in [2.75, 3.05) is 24.6 Å². The van der Waals surface area contributed by atoms with Crippen LogP contribution in [0.25, 0.3) is 0 Å². The van der Waals surface area contributed by atoms with E-state index in [1.165, 1.54) is 11.1 Å². The number of aliphatic hydroxyl groups excluding tert-OH is 1. The van der Waals surface area contributed by atoms with Gasteiger partial charge in [-0.25, -0.2) is 0 Å². The Hall–Kier alpha value is -2.59. The molecule has 2 heterocycles. The molecule has 0 aromatic heterocycles. The summed E-state index contributed by atoms with van der Waals surface area (Å²) in [6, 6.07) is 15.3. The molecular formula is C35H46BrFN2O4Si. The molecule has 2 aliphatic rings. The normalized spacial score (nSPS) is 23.3. The number of halogens is 2. The van der Waals surface area contributed by atoms with Gasteiger partial charge in [-0.1, -0.05) is 76.5 Å². The summed E-state index contributed by atoms with van der Waals surface area (Å²) in [7, 11) is -3.43. The Morgan fingerprint density at radius 2 is 1.86 bits per heavy atom. The Labute approximate surface area is 271 Å². The molecule has 1 N–H and O–H groups in total. The number of aliphatic hydroxyl groups is 1. The maximum Gasteiger partial charge on any atom is 0.264 e. The van der Waals surface area contributed by atoms with Crippen molar-refractivity contribution in [2.24, 2.45) is 5.92 Å². The van der Waals surface area contributed by atoms with Crippen LogP contribution in [-0.4, -0.2) is 56.0 Å². The number of nitrogens with zero attached hydrogens (tertiary/aromatic N) is 2. The maximum atomic E-state index is 16.2. The van der Waals surface area contributed by atoms with E-state index >= 15 is 4.11 Å². The molecule has 0 bridgehead atoms. The van der Waals surface area contributed by atoms with Crippen molar-refractivity contribution in [1.82, 2.24) is 4.90 Å². The summed E-state index contributed by atoms with van der Waals surface area (Å²) in [5.74, 6) is -0.922. The van der Waals surface area contributed by atoms with Gasteiger partial charge in [0.25, 0.3) is 5.91 Å². The van der Waals surface area contributed by atoms with Crippen molar-refractivity contribution < 1.29 is 23.5 Å². The molecule has 0 unspecified atom stereocenters. The number of amides is 2. The summed E-state index contributed by atoms with van der Waals surface area (Å²) in [4.78, 5) is 31.6. The number of carbonyl (C=O) groups is 2. The molecule has 1 spiro atoms. The number of hydrogen-bond donors (Lipinski definition) is 1. The fourth-order valence-corrected chi connectivity index (χ4v) is 9.71. The smallest absolute Gasteiger partial charge is 0.264 e. The first-order valence-electron chi connectivity index (χ1n) is 15.5. The summed E-state index contributed by atoms with van der Waals surface area (Å²) in [5, 5.41) is 9.74. The van der Waals surface area contributed by atoms with Crippen molar-refractivity contribution in [3.05, 3.63) is 87.4 Å². The second-order valence-electron chi connectivity index (χ2n) is 12.9. The van der Waals surface area contributed by atoms with Gasteiger partial charge in [-0.05, 0) is 70.5 Å². The molecule has 9 heteroatoms. The van der Waals surface area contributed by atoms with Crippen molar-refractivity contribution in [3.63, 3.8) is 0 Å². The molecule has 0 aliphatic carbocycles. The van der Waals surface area contributed by atoms with E-state index in [0.29, 0.717) is 13.1 Å². The molecule has 1 fully saturated rings. The van der Waals surface area contributed by atoms with Gasteiger partial charge >= 0.3 is 0 Å². The number of hydrogen-bond acceptors (Lipinski definition) is 4. The van der Waals surface area contributed by atoms with Crippen LogP contribution in [0.3, 0.4) is 0 Å². The summed E-state index contributed by atoms with van der Waals surface area (Å²) >= 11 is 3.58. The highest BCUT2D eigenvalue weighted by molar-refractivity contribution is 9.10. The fraction of sp³-hybridized carbons (Fsp3) is 0.486. The van der Waals surface area contributed by atoms with E-state index in [1.54, 1.807) is 22.9 Å². The lowest BCUT2D eigenvalue weighted by molar-refractivity contribution is -0.149. The minimum absolute atomic E-state index is 0.0655. The van der Waals surface area contributed by atoms with Gasteiger partial charge in [0, 0.05) is 41.1 Å². The third-order valence-electron chi connectivity index (χ3n) is 8.95. The van der Waals surface area contributed by atoms with E-state index in [9.17, 15) is 14.7 Å². The average molecular weight is 686 g/mol. The molecule has 44 heavy (non-hydrogen) atoms. The number of allylic oxidation sites excluding steroid dienone is 3.